The van der Waals surface area contributed by atoms with Gasteiger partial charge in [-0.1, -0.05) is 41.5 Å². The summed E-state index contributed by atoms with van der Waals surface area (Å²) >= 11 is 0. The number of hydrogen-bond acceptors (Lipinski definition) is 2. The van der Waals surface area contributed by atoms with E-state index in [2.05, 4.69) is 9.12 Å². The Hall–Kier alpha value is -0.840. The summed E-state index contributed by atoms with van der Waals surface area (Å²) in [4.78, 5) is 0. The fraction of sp³-hybridized carbons (Fsp3) is 0.727. The molecule has 0 unspecified atom stereocenters. The molecule has 1 aliphatic heterocycles. The SMILES string of the molecule is CC(C)(C)C1=CC(C(C)(C)C)=NS(=O)(=O)N1. The lowest BCUT2D eigenvalue weighted by molar-refractivity contribution is 0.476. The van der Waals surface area contributed by atoms with Gasteiger partial charge in [0.05, 0.1) is 5.71 Å². The number of nitrogens with one attached hydrogen (secondary N) is 1. The van der Waals surface area contributed by atoms with Crippen molar-refractivity contribution in [3.05, 3.63) is 11.8 Å². The molecule has 0 aromatic heterocycles. The van der Waals surface area contributed by atoms with Crippen LogP contribution in [0.4, 0.5) is 0 Å². The monoisotopic (exact) mass is 244 g/mol. The van der Waals surface area contributed by atoms with E-state index in [1.165, 1.54) is 0 Å². The van der Waals surface area contributed by atoms with E-state index in [0.29, 0.717) is 11.4 Å². The third kappa shape index (κ3) is 3.07. The molecule has 0 aliphatic carbocycles. The van der Waals surface area contributed by atoms with Crippen LogP contribution in [0, 0.1) is 10.8 Å². The predicted molar refractivity (Wildman–Crippen MR) is 66.5 cm³/mol. The largest absolute Gasteiger partial charge is 0.342 e. The van der Waals surface area contributed by atoms with Crippen LogP contribution in [0.3, 0.4) is 0 Å². The molecule has 0 spiro atoms. The summed E-state index contributed by atoms with van der Waals surface area (Å²) in [5.41, 5.74) is 0.772. The normalized spacial score (nSPS) is 20.9. The van der Waals surface area contributed by atoms with Gasteiger partial charge in [0.2, 0.25) is 0 Å². The van der Waals surface area contributed by atoms with Gasteiger partial charge in [-0.25, -0.2) is 0 Å². The summed E-state index contributed by atoms with van der Waals surface area (Å²) in [5, 5.41) is 0. The molecule has 5 heteroatoms. The van der Waals surface area contributed by atoms with Crippen LogP contribution in [0.15, 0.2) is 16.2 Å². The van der Waals surface area contributed by atoms with Gasteiger partial charge >= 0.3 is 10.2 Å². The number of hydrogen-bond donors (Lipinski definition) is 1. The zero-order valence-electron chi connectivity index (χ0n) is 10.7. The third-order valence-electron chi connectivity index (χ3n) is 2.31. The molecule has 0 bridgehead atoms. The minimum absolute atomic E-state index is 0.237. The molecule has 0 aromatic rings. The second-order valence-corrected chi connectivity index (χ2v) is 7.45. The second-order valence-electron chi connectivity index (χ2n) is 6.11. The van der Waals surface area contributed by atoms with Crippen molar-refractivity contribution >= 4 is 15.9 Å². The molecule has 0 radical (unpaired) electrons. The van der Waals surface area contributed by atoms with Crippen molar-refractivity contribution in [3.63, 3.8) is 0 Å². The average Bonchev–Trinajstić information content (AvgIpc) is 1.97. The van der Waals surface area contributed by atoms with Crippen molar-refractivity contribution in [2.24, 2.45) is 15.2 Å². The van der Waals surface area contributed by atoms with E-state index in [1.807, 2.05) is 47.6 Å². The minimum atomic E-state index is -3.58. The maximum absolute atomic E-state index is 11.6. The van der Waals surface area contributed by atoms with E-state index < -0.39 is 10.2 Å². The van der Waals surface area contributed by atoms with Gasteiger partial charge in [0, 0.05) is 16.5 Å². The molecule has 0 saturated heterocycles. The Morgan fingerprint density at radius 1 is 1.06 bits per heavy atom. The predicted octanol–water partition coefficient (Wildman–Crippen LogP) is 2.25. The van der Waals surface area contributed by atoms with Crippen molar-refractivity contribution in [2.45, 2.75) is 41.5 Å². The van der Waals surface area contributed by atoms with Crippen LogP contribution in [0.1, 0.15) is 41.5 Å². The molecular formula is C11H20N2O2S. The highest BCUT2D eigenvalue weighted by Crippen LogP contribution is 2.29. The van der Waals surface area contributed by atoms with E-state index in [1.54, 1.807) is 0 Å². The molecule has 1 rings (SSSR count). The summed E-state index contributed by atoms with van der Waals surface area (Å²) in [5.74, 6) is 0. The molecule has 0 aromatic carbocycles. The van der Waals surface area contributed by atoms with Crippen LogP contribution < -0.4 is 4.72 Å². The highest BCUT2D eigenvalue weighted by atomic mass is 32.2. The quantitative estimate of drug-likeness (QED) is 0.710. The molecule has 4 nitrogen and oxygen atoms in total. The Balaban J connectivity index is 3.30. The number of rotatable bonds is 0. The highest BCUT2D eigenvalue weighted by molar-refractivity contribution is 7.88. The van der Waals surface area contributed by atoms with Gasteiger partial charge in [-0.15, -0.1) is 4.40 Å². The fourth-order valence-corrected chi connectivity index (χ4v) is 2.48. The van der Waals surface area contributed by atoms with Gasteiger partial charge in [0.25, 0.3) is 0 Å². The Morgan fingerprint density at radius 2 is 1.56 bits per heavy atom. The number of nitrogens with zero attached hydrogens (tertiary/aromatic N) is 1. The van der Waals surface area contributed by atoms with Crippen molar-refractivity contribution in [1.29, 1.82) is 0 Å². The van der Waals surface area contributed by atoms with Crippen molar-refractivity contribution < 1.29 is 8.42 Å². The maximum Gasteiger partial charge on any atom is 0.342 e. The summed E-state index contributed by atoms with van der Waals surface area (Å²) in [6, 6.07) is 0. The van der Waals surface area contributed by atoms with E-state index >= 15 is 0 Å². The molecule has 92 valence electrons. The topological polar surface area (TPSA) is 58.5 Å². The Bertz CT molecular complexity index is 445. The first kappa shape index (κ1) is 13.2. The summed E-state index contributed by atoms with van der Waals surface area (Å²) in [6.07, 6.45) is 1.83. The van der Waals surface area contributed by atoms with Crippen LogP contribution >= 0.6 is 0 Å². The van der Waals surface area contributed by atoms with Crippen molar-refractivity contribution in [2.75, 3.05) is 0 Å². The lowest BCUT2D eigenvalue weighted by Crippen LogP contribution is -2.36. The van der Waals surface area contributed by atoms with Crippen LogP contribution in [0.25, 0.3) is 0 Å². The molecule has 0 amide bonds. The van der Waals surface area contributed by atoms with E-state index in [9.17, 15) is 8.42 Å². The number of allylic oxidation sites excluding steroid dienone is 2. The van der Waals surface area contributed by atoms with E-state index in [-0.39, 0.29) is 10.8 Å². The molecule has 1 aliphatic rings. The zero-order chi connectivity index (χ0) is 12.8. The van der Waals surface area contributed by atoms with E-state index in [4.69, 9.17) is 0 Å². The minimum Gasteiger partial charge on any atom is -0.268 e. The Morgan fingerprint density at radius 3 is 1.94 bits per heavy atom. The second kappa shape index (κ2) is 3.58. The van der Waals surface area contributed by atoms with Gasteiger partial charge in [-0.3, -0.25) is 4.72 Å². The van der Waals surface area contributed by atoms with Crippen LogP contribution in [0.2, 0.25) is 0 Å². The molecule has 16 heavy (non-hydrogen) atoms. The van der Waals surface area contributed by atoms with Gasteiger partial charge in [0.1, 0.15) is 0 Å². The van der Waals surface area contributed by atoms with E-state index in [0.717, 1.165) is 0 Å². The molecule has 1 heterocycles. The molecule has 1 N–H and O–H groups in total. The van der Waals surface area contributed by atoms with Crippen LogP contribution in [-0.2, 0) is 10.2 Å². The molecule has 0 saturated carbocycles. The standard InChI is InChI=1S/C11H20N2O2S/c1-10(2,3)8-7-9(11(4,5)6)13-16(14,15)12-8/h7,12H,1-6H3. The fourth-order valence-electron chi connectivity index (χ4n) is 1.21. The smallest absolute Gasteiger partial charge is 0.268 e. The molecular weight excluding hydrogens is 224 g/mol. The maximum atomic E-state index is 11.6. The molecule has 0 atom stereocenters. The zero-order valence-corrected chi connectivity index (χ0v) is 11.6. The van der Waals surface area contributed by atoms with Gasteiger partial charge in [0.15, 0.2) is 0 Å². The van der Waals surface area contributed by atoms with Gasteiger partial charge < -0.3 is 0 Å². The van der Waals surface area contributed by atoms with Crippen molar-refractivity contribution in [1.82, 2.24) is 4.72 Å². The first-order chi connectivity index (χ1) is 6.92. The first-order valence-electron chi connectivity index (χ1n) is 5.27. The van der Waals surface area contributed by atoms with Crippen LogP contribution in [0.5, 0.6) is 0 Å². The average molecular weight is 244 g/mol. The lowest BCUT2D eigenvalue weighted by Gasteiger charge is -2.29. The lowest BCUT2D eigenvalue weighted by atomic mass is 9.85. The third-order valence-corrected chi connectivity index (χ3v) is 3.23. The van der Waals surface area contributed by atoms with Gasteiger partial charge in [-0.05, 0) is 6.08 Å². The highest BCUT2D eigenvalue weighted by Gasteiger charge is 2.30. The van der Waals surface area contributed by atoms with Crippen LogP contribution in [-0.4, -0.2) is 14.1 Å². The first-order valence-corrected chi connectivity index (χ1v) is 6.71. The summed E-state index contributed by atoms with van der Waals surface area (Å²) < 4.78 is 29.5. The Kier molecular flexibility index (Phi) is 2.96. The molecule has 0 fully saturated rings. The van der Waals surface area contributed by atoms with Crippen molar-refractivity contribution in [3.8, 4) is 0 Å². The summed E-state index contributed by atoms with van der Waals surface area (Å²) in [6.45, 7) is 11.7. The Labute approximate surface area is 98.0 Å². The summed E-state index contributed by atoms with van der Waals surface area (Å²) in [7, 11) is -3.58. The van der Waals surface area contributed by atoms with Gasteiger partial charge in [-0.2, -0.15) is 8.42 Å².